The van der Waals surface area contributed by atoms with Crippen molar-refractivity contribution in [2.75, 3.05) is 32.7 Å². The standard InChI is InChI=1S/C21H24ClN3O2/c22-19-9-5-4-8-18(19)21(27)23-11-10-20(26)25-14-12-24(13-15-25)16-17-6-2-1-3-7-17/h1-9H,10-16H2,(H,23,27). The van der Waals surface area contributed by atoms with Crippen LogP contribution in [0.5, 0.6) is 0 Å². The van der Waals surface area contributed by atoms with Gasteiger partial charge in [0, 0.05) is 45.7 Å². The lowest BCUT2D eigenvalue weighted by atomic mass is 10.2. The Balaban J connectivity index is 1.38. The summed E-state index contributed by atoms with van der Waals surface area (Å²) in [7, 11) is 0. The number of nitrogens with zero attached hydrogens (tertiary/aromatic N) is 2. The fraction of sp³-hybridized carbons (Fsp3) is 0.333. The molecule has 0 unspecified atom stereocenters. The van der Waals surface area contributed by atoms with Crippen molar-refractivity contribution in [1.82, 2.24) is 15.1 Å². The first-order valence-electron chi connectivity index (χ1n) is 9.20. The Kier molecular flexibility index (Phi) is 6.85. The fourth-order valence-electron chi connectivity index (χ4n) is 3.18. The highest BCUT2D eigenvalue weighted by molar-refractivity contribution is 6.33. The molecule has 1 fully saturated rings. The molecule has 1 heterocycles. The number of halogens is 1. The number of hydrogen-bond donors (Lipinski definition) is 1. The van der Waals surface area contributed by atoms with E-state index >= 15 is 0 Å². The van der Waals surface area contributed by atoms with E-state index in [-0.39, 0.29) is 11.8 Å². The summed E-state index contributed by atoms with van der Waals surface area (Å²) in [6.07, 6.45) is 0.300. The van der Waals surface area contributed by atoms with E-state index in [1.807, 2.05) is 23.1 Å². The number of hydrogen-bond acceptors (Lipinski definition) is 3. The zero-order chi connectivity index (χ0) is 19.1. The number of carbonyl (C=O) groups excluding carboxylic acids is 2. The zero-order valence-corrected chi connectivity index (χ0v) is 16.0. The molecule has 2 amide bonds. The Morgan fingerprint density at radius 2 is 1.59 bits per heavy atom. The minimum absolute atomic E-state index is 0.0776. The van der Waals surface area contributed by atoms with Crippen LogP contribution in [-0.2, 0) is 11.3 Å². The van der Waals surface area contributed by atoms with Crippen molar-refractivity contribution in [1.29, 1.82) is 0 Å². The van der Waals surface area contributed by atoms with Gasteiger partial charge < -0.3 is 10.2 Å². The molecular formula is C21H24ClN3O2. The molecule has 27 heavy (non-hydrogen) atoms. The molecule has 3 rings (SSSR count). The third-order valence-corrected chi connectivity index (χ3v) is 5.05. The molecule has 0 aromatic heterocycles. The summed E-state index contributed by atoms with van der Waals surface area (Å²) in [5, 5.41) is 3.18. The molecule has 0 bridgehead atoms. The van der Waals surface area contributed by atoms with Crippen LogP contribution in [0.2, 0.25) is 5.02 Å². The van der Waals surface area contributed by atoms with Crippen molar-refractivity contribution in [2.45, 2.75) is 13.0 Å². The van der Waals surface area contributed by atoms with Gasteiger partial charge >= 0.3 is 0 Å². The number of amides is 2. The maximum Gasteiger partial charge on any atom is 0.252 e. The first-order chi connectivity index (χ1) is 13.1. The first-order valence-corrected chi connectivity index (χ1v) is 9.58. The van der Waals surface area contributed by atoms with Crippen molar-refractivity contribution in [3.8, 4) is 0 Å². The Hall–Kier alpha value is -2.37. The second kappa shape index (κ2) is 9.53. The van der Waals surface area contributed by atoms with Gasteiger partial charge in [-0.3, -0.25) is 14.5 Å². The quantitative estimate of drug-likeness (QED) is 0.831. The van der Waals surface area contributed by atoms with E-state index in [9.17, 15) is 9.59 Å². The topological polar surface area (TPSA) is 52.7 Å². The minimum atomic E-state index is -0.249. The highest BCUT2D eigenvalue weighted by Crippen LogP contribution is 2.14. The summed E-state index contributed by atoms with van der Waals surface area (Å²) in [4.78, 5) is 28.7. The normalized spacial score (nSPS) is 14.8. The van der Waals surface area contributed by atoms with E-state index in [1.165, 1.54) is 5.56 Å². The second-order valence-corrected chi connectivity index (χ2v) is 7.04. The van der Waals surface area contributed by atoms with Gasteiger partial charge in [-0.2, -0.15) is 0 Å². The van der Waals surface area contributed by atoms with Crippen LogP contribution in [0.25, 0.3) is 0 Å². The molecule has 0 aliphatic carbocycles. The summed E-state index contributed by atoms with van der Waals surface area (Å²) in [5.74, 6) is -0.171. The maximum atomic E-state index is 12.4. The van der Waals surface area contributed by atoms with Crippen LogP contribution in [0.3, 0.4) is 0 Å². The Morgan fingerprint density at radius 3 is 2.30 bits per heavy atom. The predicted molar refractivity (Wildman–Crippen MR) is 107 cm³/mol. The molecule has 5 nitrogen and oxygen atoms in total. The summed E-state index contributed by atoms with van der Waals surface area (Å²) in [5.41, 5.74) is 1.72. The van der Waals surface area contributed by atoms with Gasteiger partial charge in [-0.15, -0.1) is 0 Å². The lowest BCUT2D eigenvalue weighted by molar-refractivity contribution is -0.132. The summed E-state index contributed by atoms with van der Waals surface area (Å²) in [6.45, 7) is 4.41. The van der Waals surface area contributed by atoms with Crippen LogP contribution >= 0.6 is 11.6 Å². The third kappa shape index (κ3) is 5.55. The van der Waals surface area contributed by atoms with E-state index < -0.39 is 0 Å². The van der Waals surface area contributed by atoms with Crippen molar-refractivity contribution in [3.05, 3.63) is 70.7 Å². The second-order valence-electron chi connectivity index (χ2n) is 6.63. The molecule has 2 aromatic carbocycles. The molecule has 0 spiro atoms. The smallest absolute Gasteiger partial charge is 0.252 e. The summed E-state index contributed by atoms with van der Waals surface area (Å²) in [6, 6.07) is 17.3. The lowest BCUT2D eigenvalue weighted by Crippen LogP contribution is -2.48. The highest BCUT2D eigenvalue weighted by Gasteiger charge is 2.21. The average molecular weight is 386 g/mol. The first kappa shape index (κ1) is 19.4. The molecule has 1 aliphatic rings. The van der Waals surface area contributed by atoms with Crippen molar-refractivity contribution >= 4 is 23.4 Å². The van der Waals surface area contributed by atoms with Gasteiger partial charge in [-0.05, 0) is 17.7 Å². The number of rotatable bonds is 6. The van der Waals surface area contributed by atoms with Crippen molar-refractivity contribution in [3.63, 3.8) is 0 Å². The Labute approximate surface area is 164 Å². The molecule has 1 saturated heterocycles. The Morgan fingerprint density at radius 1 is 0.926 bits per heavy atom. The van der Waals surface area contributed by atoms with Crippen molar-refractivity contribution < 1.29 is 9.59 Å². The molecule has 0 saturated carbocycles. The lowest BCUT2D eigenvalue weighted by Gasteiger charge is -2.34. The van der Waals surface area contributed by atoms with Crippen LogP contribution in [0.15, 0.2) is 54.6 Å². The van der Waals surface area contributed by atoms with Crippen LogP contribution in [0, 0.1) is 0 Å². The molecular weight excluding hydrogens is 362 g/mol. The van der Waals surface area contributed by atoms with Gasteiger partial charge in [0.2, 0.25) is 5.91 Å². The SMILES string of the molecule is O=C(NCCC(=O)N1CCN(Cc2ccccc2)CC1)c1ccccc1Cl. The monoisotopic (exact) mass is 385 g/mol. The summed E-state index contributed by atoms with van der Waals surface area (Å²) < 4.78 is 0. The van der Waals surface area contributed by atoms with E-state index in [2.05, 4.69) is 22.3 Å². The fourth-order valence-corrected chi connectivity index (χ4v) is 3.40. The molecule has 6 heteroatoms. The van der Waals surface area contributed by atoms with Gasteiger partial charge in [0.25, 0.3) is 5.91 Å². The molecule has 1 aliphatic heterocycles. The van der Waals surface area contributed by atoms with Gasteiger partial charge in [-0.25, -0.2) is 0 Å². The van der Waals surface area contributed by atoms with E-state index in [1.54, 1.807) is 24.3 Å². The summed E-state index contributed by atoms with van der Waals surface area (Å²) >= 11 is 6.01. The maximum absolute atomic E-state index is 12.4. The van der Waals surface area contributed by atoms with E-state index in [0.29, 0.717) is 23.6 Å². The molecule has 0 radical (unpaired) electrons. The average Bonchev–Trinajstić information content (AvgIpc) is 2.69. The van der Waals surface area contributed by atoms with Gasteiger partial charge in [0.1, 0.15) is 0 Å². The van der Waals surface area contributed by atoms with Gasteiger partial charge in [0.05, 0.1) is 10.6 Å². The third-order valence-electron chi connectivity index (χ3n) is 4.72. The van der Waals surface area contributed by atoms with Crippen LogP contribution in [0.4, 0.5) is 0 Å². The van der Waals surface area contributed by atoms with Crippen LogP contribution < -0.4 is 5.32 Å². The van der Waals surface area contributed by atoms with Crippen LogP contribution in [0.1, 0.15) is 22.3 Å². The van der Waals surface area contributed by atoms with E-state index in [4.69, 9.17) is 11.6 Å². The Bertz CT molecular complexity index is 774. The zero-order valence-electron chi connectivity index (χ0n) is 15.2. The number of carbonyl (C=O) groups is 2. The molecule has 142 valence electrons. The number of piperazine rings is 1. The molecule has 2 aromatic rings. The largest absolute Gasteiger partial charge is 0.351 e. The van der Waals surface area contributed by atoms with Crippen LogP contribution in [-0.4, -0.2) is 54.3 Å². The van der Waals surface area contributed by atoms with Crippen molar-refractivity contribution in [2.24, 2.45) is 0 Å². The number of benzene rings is 2. The van der Waals surface area contributed by atoms with Gasteiger partial charge in [-0.1, -0.05) is 54.1 Å². The molecule has 1 N–H and O–H groups in total. The predicted octanol–water partition coefficient (Wildman–Crippen LogP) is 2.80. The highest BCUT2D eigenvalue weighted by atomic mass is 35.5. The molecule has 0 atom stereocenters. The van der Waals surface area contributed by atoms with Gasteiger partial charge in [0.15, 0.2) is 0 Å². The van der Waals surface area contributed by atoms with E-state index in [0.717, 1.165) is 32.7 Å². The number of nitrogens with one attached hydrogen (secondary N) is 1. The minimum Gasteiger partial charge on any atom is -0.351 e.